The molecule has 0 amide bonds. The van der Waals surface area contributed by atoms with Gasteiger partial charge in [0.25, 0.3) is 0 Å². The van der Waals surface area contributed by atoms with E-state index < -0.39 is 26.6 Å². The number of sulfone groups is 1. The van der Waals surface area contributed by atoms with Crippen LogP contribution < -0.4 is 0 Å². The van der Waals surface area contributed by atoms with Gasteiger partial charge in [0.1, 0.15) is 0 Å². The molecule has 1 atom stereocenters. The Morgan fingerprint density at radius 1 is 1.25 bits per heavy atom. The fraction of sp³-hybridized carbons (Fsp3) is 0.333. The van der Waals surface area contributed by atoms with E-state index in [1.807, 2.05) is 6.07 Å². The van der Waals surface area contributed by atoms with Crippen LogP contribution in [0.1, 0.15) is 12.0 Å². The molecule has 1 N–H and O–H groups in total. The van der Waals surface area contributed by atoms with Crippen molar-refractivity contribution in [2.24, 2.45) is 0 Å². The molecule has 0 spiro atoms. The summed E-state index contributed by atoms with van der Waals surface area (Å²) >= 11 is 0. The number of rotatable bonds is 7. The first-order valence-corrected chi connectivity index (χ1v) is 8.79. The summed E-state index contributed by atoms with van der Waals surface area (Å²) in [5.41, 5.74) is 0.356. The Balaban J connectivity index is 2.63. The van der Waals surface area contributed by atoms with Gasteiger partial charge in [-0.2, -0.15) is 5.26 Å². The molecule has 1 unspecified atom stereocenters. The number of benzene rings is 1. The minimum atomic E-state index is -3.57. The molecule has 1 rings (SSSR count). The minimum Gasteiger partial charge on any atom is -0.481 e. The number of hydrogen-bond donors (Lipinski definition) is 1. The maximum Gasteiger partial charge on any atom is 0.304 e. The average Bonchev–Trinajstić information content (AvgIpc) is 2.43. The van der Waals surface area contributed by atoms with Crippen LogP contribution in [0.5, 0.6) is 0 Å². The summed E-state index contributed by atoms with van der Waals surface area (Å²) in [5.74, 6) is -1.54. The van der Waals surface area contributed by atoms with Gasteiger partial charge in [0.05, 0.1) is 28.7 Å². The second-order valence-electron chi connectivity index (χ2n) is 3.95. The topological polar surface area (TPSA) is 112 Å². The van der Waals surface area contributed by atoms with Gasteiger partial charge in [-0.3, -0.25) is 9.00 Å². The van der Waals surface area contributed by atoms with Gasteiger partial charge < -0.3 is 5.11 Å². The molecule has 1 aromatic carbocycles. The van der Waals surface area contributed by atoms with Crippen LogP contribution in [0.2, 0.25) is 0 Å². The van der Waals surface area contributed by atoms with Crippen LogP contribution in [0.3, 0.4) is 0 Å². The summed E-state index contributed by atoms with van der Waals surface area (Å²) in [6, 6.07) is 7.33. The Bertz CT molecular complexity index is 643. The zero-order valence-electron chi connectivity index (χ0n) is 10.5. The van der Waals surface area contributed by atoms with Crippen molar-refractivity contribution in [2.75, 3.05) is 17.3 Å². The predicted octanol–water partition coefficient (Wildman–Crippen LogP) is 0.555. The monoisotopic (exact) mass is 315 g/mol. The van der Waals surface area contributed by atoms with Crippen LogP contribution in [0.25, 0.3) is 0 Å². The van der Waals surface area contributed by atoms with Crippen molar-refractivity contribution in [1.29, 1.82) is 5.26 Å². The fourth-order valence-corrected chi connectivity index (χ4v) is 4.37. The van der Waals surface area contributed by atoms with Gasteiger partial charge in [-0.25, -0.2) is 8.42 Å². The lowest BCUT2D eigenvalue weighted by molar-refractivity contribution is -0.136. The van der Waals surface area contributed by atoms with Crippen molar-refractivity contribution in [3.8, 4) is 6.07 Å². The maximum absolute atomic E-state index is 11.9. The van der Waals surface area contributed by atoms with E-state index in [2.05, 4.69) is 0 Å². The number of aliphatic carboxylic acids is 1. The van der Waals surface area contributed by atoms with Gasteiger partial charge in [-0.1, -0.05) is 0 Å². The summed E-state index contributed by atoms with van der Waals surface area (Å²) < 4.78 is 35.3. The number of hydrogen-bond acceptors (Lipinski definition) is 5. The molecule has 1 aromatic rings. The van der Waals surface area contributed by atoms with E-state index in [1.54, 1.807) is 0 Å². The van der Waals surface area contributed by atoms with Crippen molar-refractivity contribution in [2.45, 2.75) is 11.3 Å². The third-order valence-electron chi connectivity index (χ3n) is 2.47. The highest BCUT2D eigenvalue weighted by molar-refractivity contribution is 7.93. The highest BCUT2D eigenvalue weighted by Crippen LogP contribution is 2.12. The molecule has 0 aliphatic rings. The number of nitriles is 1. The van der Waals surface area contributed by atoms with Crippen molar-refractivity contribution in [3.63, 3.8) is 0 Å². The normalized spacial score (nSPS) is 12.6. The summed E-state index contributed by atoms with van der Waals surface area (Å²) in [6.07, 6.45) is -0.247. The lowest BCUT2D eigenvalue weighted by Gasteiger charge is -2.04. The van der Waals surface area contributed by atoms with E-state index in [9.17, 15) is 17.4 Å². The number of nitrogens with zero attached hydrogens (tertiary/aromatic N) is 1. The van der Waals surface area contributed by atoms with E-state index in [1.165, 1.54) is 24.3 Å². The van der Waals surface area contributed by atoms with Gasteiger partial charge >= 0.3 is 5.97 Å². The molecule has 0 aliphatic heterocycles. The molecule has 20 heavy (non-hydrogen) atoms. The van der Waals surface area contributed by atoms with Gasteiger partial charge in [0.15, 0.2) is 9.84 Å². The van der Waals surface area contributed by atoms with Crippen molar-refractivity contribution in [3.05, 3.63) is 29.8 Å². The SMILES string of the molecule is N#Cc1ccc(S(=O)(=O)CCS(=O)CCC(=O)O)cc1. The molecule has 0 bridgehead atoms. The predicted molar refractivity (Wildman–Crippen MR) is 73.3 cm³/mol. The highest BCUT2D eigenvalue weighted by Gasteiger charge is 2.16. The lowest BCUT2D eigenvalue weighted by atomic mass is 10.2. The Labute approximate surface area is 119 Å². The van der Waals surface area contributed by atoms with Gasteiger partial charge in [0, 0.05) is 22.3 Å². The van der Waals surface area contributed by atoms with Crippen LogP contribution in [0.4, 0.5) is 0 Å². The molecule has 0 aromatic heterocycles. The van der Waals surface area contributed by atoms with E-state index in [-0.39, 0.29) is 28.6 Å². The lowest BCUT2D eigenvalue weighted by Crippen LogP contribution is -2.16. The molecule has 0 fully saturated rings. The zero-order valence-corrected chi connectivity index (χ0v) is 12.1. The van der Waals surface area contributed by atoms with Gasteiger partial charge in [0.2, 0.25) is 0 Å². The third kappa shape index (κ3) is 5.11. The average molecular weight is 315 g/mol. The van der Waals surface area contributed by atoms with E-state index in [0.29, 0.717) is 5.56 Å². The van der Waals surface area contributed by atoms with E-state index in [4.69, 9.17) is 10.4 Å². The molecule has 0 saturated heterocycles. The Kier molecular flexibility index (Phi) is 5.85. The summed E-state index contributed by atoms with van der Waals surface area (Å²) in [4.78, 5) is 10.4. The first-order valence-electron chi connectivity index (χ1n) is 5.65. The number of carbonyl (C=O) groups is 1. The molecule has 0 saturated carbocycles. The zero-order chi connectivity index (χ0) is 15.2. The second kappa shape index (κ2) is 7.17. The molecular formula is C12H13NO5S2. The Morgan fingerprint density at radius 2 is 1.85 bits per heavy atom. The second-order valence-corrected chi connectivity index (χ2v) is 7.75. The van der Waals surface area contributed by atoms with Crippen molar-refractivity contribution in [1.82, 2.24) is 0 Å². The fourth-order valence-electron chi connectivity index (χ4n) is 1.36. The largest absolute Gasteiger partial charge is 0.481 e. The molecule has 108 valence electrons. The Morgan fingerprint density at radius 3 is 2.35 bits per heavy atom. The smallest absolute Gasteiger partial charge is 0.304 e. The first-order chi connectivity index (χ1) is 9.35. The molecule has 0 aliphatic carbocycles. The van der Waals surface area contributed by atoms with Crippen LogP contribution in [-0.2, 0) is 25.4 Å². The number of carboxylic acid groups (broad SMARTS) is 1. The summed E-state index contributed by atoms with van der Waals surface area (Å²) in [5, 5.41) is 17.1. The van der Waals surface area contributed by atoms with Gasteiger partial charge in [-0.05, 0) is 24.3 Å². The molecule has 6 nitrogen and oxygen atoms in total. The van der Waals surface area contributed by atoms with E-state index in [0.717, 1.165) is 0 Å². The molecule has 0 heterocycles. The quantitative estimate of drug-likeness (QED) is 0.786. The molecule has 8 heteroatoms. The highest BCUT2D eigenvalue weighted by atomic mass is 32.2. The summed E-state index contributed by atoms with van der Waals surface area (Å²) in [6.45, 7) is 0. The standard InChI is InChI=1S/C12H13NO5S2/c13-9-10-1-3-11(4-2-10)20(17,18)8-7-19(16)6-5-12(14)15/h1-4H,5-8H2,(H,14,15). The van der Waals surface area contributed by atoms with Crippen molar-refractivity contribution >= 4 is 26.6 Å². The minimum absolute atomic E-state index is 0.0573. The van der Waals surface area contributed by atoms with E-state index >= 15 is 0 Å². The van der Waals surface area contributed by atoms with Crippen LogP contribution >= 0.6 is 0 Å². The van der Waals surface area contributed by atoms with Gasteiger partial charge in [-0.15, -0.1) is 0 Å². The number of carboxylic acids is 1. The van der Waals surface area contributed by atoms with Crippen LogP contribution in [-0.4, -0.2) is 41.0 Å². The maximum atomic E-state index is 11.9. The molecule has 0 radical (unpaired) electrons. The summed E-state index contributed by atoms with van der Waals surface area (Å²) in [7, 11) is -5.05. The van der Waals surface area contributed by atoms with Crippen LogP contribution in [0.15, 0.2) is 29.2 Å². The van der Waals surface area contributed by atoms with Crippen LogP contribution in [0, 0.1) is 11.3 Å². The van der Waals surface area contributed by atoms with Crippen molar-refractivity contribution < 1.29 is 22.5 Å². The third-order valence-corrected chi connectivity index (χ3v) is 5.78. The molecular weight excluding hydrogens is 302 g/mol. The Hall–Kier alpha value is -1.72. The first kappa shape index (κ1) is 16.3.